The van der Waals surface area contributed by atoms with Crippen molar-refractivity contribution in [3.8, 4) is 5.75 Å². The van der Waals surface area contributed by atoms with Gasteiger partial charge < -0.3 is 10.1 Å². The van der Waals surface area contributed by atoms with Crippen molar-refractivity contribution in [2.24, 2.45) is 5.10 Å². The van der Waals surface area contributed by atoms with E-state index in [1.807, 2.05) is 73.7 Å². The molecule has 6 nitrogen and oxygen atoms in total. The Kier molecular flexibility index (Phi) is 7.33. The summed E-state index contributed by atoms with van der Waals surface area (Å²) in [6, 6.07) is 24.5. The molecule has 0 bridgehead atoms. The van der Waals surface area contributed by atoms with E-state index in [0.717, 1.165) is 28.9 Å². The molecule has 152 valence electrons. The zero-order chi connectivity index (χ0) is 21.2. The highest BCUT2D eigenvalue weighted by atomic mass is 16.5. The van der Waals surface area contributed by atoms with E-state index in [2.05, 4.69) is 15.8 Å². The average molecular weight is 401 g/mol. The number of nitrogens with one attached hydrogen (secondary N) is 2. The third-order valence-corrected chi connectivity index (χ3v) is 4.33. The Hall–Kier alpha value is -3.93. The van der Waals surface area contributed by atoms with Crippen LogP contribution in [0.3, 0.4) is 0 Å². The summed E-state index contributed by atoms with van der Waals surface area (Å²) in [7, 11) is 0. The SMILES string of the molecule is CCc1ccc(NC(=O)C(=O)N/N=C\c2ccc(OCc3ccccc3)cc2)cc1. The minimum absolute atomic E-state index is 0.487. The van der Waals surface area contributed by atoms with Crippen LogP contribution in [0.25, 0.3) is 0 Å². The number of carbonyl (C=O) groups excluding carboxylic acids is 2. The highest BCUT2D eigenvalue weighted by molar-refractivity contribution is 6.39. The summed E-state index contributed by atoms with van der Waals surface area (Å²) in [4.78, 5) is 23.8. The zero-order valence-corrected chi connectivity index (χ0v) is 16.7. The Bertz CT molecular complexity index is 998. The van der Waals surface area contributed by atoms with E-state index in [1.54, 1.807) is 12.1 Å². The maximum absolute atomic E-state index is 11.9. The van der Waals surface area contributed by atoms with Crippen LogP contribution in [0.15, 0.2) is 84.0 Å². The summed E-state index contributed by atoms with van der Waals surface area (Å²) in [5.74, 6) is -0.886. The fourth-order valence-corrected chi connectivity index (χ4v) is 2.62. The van der Waals surface area contributed by atoms with Crippen LogP contribution in [0.1, 0.15) is 23.6 Å². The largest absolute Gasteiger partial charge is 0.489 e. The minimum Gasteiger partial charge on any atom is -0.489 e. The van der Waals surface area contributed by atoms with Crippen LogP contribution in [0.4, 0.5) is 5.69 Å². The Morgan fingerprint density at radius 1 is 0.867 bits per heavy atom. The molecular weight excluding hydrogens is 378 g/mol. The molecule has 0 radical (unpaired) electrons. The van der Waals surface area contributed by atoms with Crippen molar-refractivity contribution in [1.29, 1.82) is 0 Å². The van der Waals surface area contributed by atoms with Gasteiger partial charge >= 0.3 is 11.8 Å². The number of aryl methyl sites for hydroxylation is 1. The third kappa shape index (κ3) is 6.31. The van der Waals surface area contributed by atoms with Gasteiger partial charge in [0.1, 0.15) is 12.4 Å². The van der Waals surface area contributed by atoms with Crippen LogP contribution in [0.5, 0.6) is 5.75 Å². The third-order valence-electron chi connectivity index (χ3n) is 4.33. The van der Waals surface area contributed by atoms with Crippen molar-refractivity contribution in [3.63, 3.8) is 0 Å². The van der Waals surface area contributed by atoms with Crippen LogP contribution in [0.2, 0.25) is 0 Å². The lowest BCUT2D eigenvalue weighted by Gasteiger charge is -2.06. The molecule has 2 N–H and O–H groups in total. The summed E-state index contributed by atoms with van der Waals surface area (Å²) >= 11 is 0. The van der Waals surface area contributed by atoms with E-state index in [-0.39, 0.29) is 0 Å². The second kappa shape index (κ2) is 10.6. The van der Waals surface area contributed by atoms with Gasteiger partial charge in [0.15, 0.2) is 0 Å². The number of rotatable bonds is 7. The molecule has 3 aromatic carbocycles. The molecular formula is C24H23N3O3. The van der Waals surface area contributed by atoms with Crippen LogP contribution in [-0.2, 0) is 22.6 Å². The molecule has 0 saturated heterocycles. The van der Waals surface area contributed by atoms with Crippen molar-refractivity contribution < 1.29 is 14.3 Å². The molecule has 2 amide bonds. The van der Waals surface area contributed by atoms with Crippen molar-refractivity contribution in [2.45, 2.75) is 20.0 Å². The van der Waals surface area contributed by atoms with Crippen LogP contribution >= 0.6 is 0 Å². The first-order valence-corrected chi connectivity index (χ1v) is 9.64. The lowest BCUT2D eigenvalue weighted by molar-refractivity contribution is -0.136. The van der Waals surface area contributed by atoms with Crippen molar-refractivity contribution in [1.82, 2.24) is 5.43 Å². The Balaban J connectivity index is 1.45. The number of carbonyl (C=O) groups is 2. The Morgan fingerprint density at radius 2 is 1.57 bits per heavy atom. The second-order valence-electron chi connectivity index (χ2n) is 6.55. The molecule has 0 heterocycles. The smallest absolute Gasteiger partial charge is 0.329 e. The lowest BCUT2D eigenvalue weighted by atomic mass is 10.1. The number of hydrogen-bond donors (Lipinski definition) is 2. The first kappa shape index (κ1) is 20.8. The standard InChI is InChI=1S/C24H23N3O3/c1-2-18-8-12-21(13-9-18)26-23(28)24(29)27-25-16-19-10-14-22(15-11-19)30-17-20-6-4-3-5-7-20/h3-16H,2,17H2,1H3,(H,26,28)(H,27,29)/b25-16-. The van der Waals surface area contributed by atoms with E-state index >= 15 is 0 Å². The molecule has 0 unspecified atom stereocenters. The first-order valence-electron chi connectivity index (χ1n) is 9.64. The van der Waals surface area contributed by atoms with E-state index in [4.69, 9.17) is 4.74 Å². The summed E-state index contributed by atoms with van der Waals surface area (Å²) in [6.07, 6.45) is 2.37. The maximum Gasteiger partial charge on any atom is 0.329 e. The van der Waals surface area contributed by atoms with Crippen LogP contribution in [-0.4, -0.2) is 18.0 Å². The molecule has 0 aliphatic heterocycles. The molecule has 0 aromatic heterocycles. The summed E-state index contributed by atoms with van der Waals surface area (Å²) < 4.78 is 5.73. The number of hydrazone groups is 1. The van der Waals surface area contributed by atoms with Crippen LogP contribution in [0, 0.1) is 0 Å². The van der Waals surface area contributed by atoms with Gasteiger partial charge in [0.2, 0.25) is 0 Å². The van der Waals surface area contributed by atoms with Gasteiger partial charge in [-0.15, -0.1) is 0 Å². The van der Waals surface area contributed by atoms with Crippen LogP contribution < -0.4 is 15.5 Å². The van der Waals surface area contributed by atoms with Gasteiger partial charge in [-0.1, -0.05) is 49.4 Å². The number of amides is 2. The normalized spacial score (nSPS) is 10.6. The molecule has 6 heteroatoms. The molecule has 0 fully saturated rings. The number of anilines is 1. The molecule has 3 rings (SSSR count). The topological polar surface area (TPSA) is 79.8 Å². The van der Waals surface area contributed by atoms with Gasteiger partial charge in [-0.3, -0.25) is 9.59 Å². The average Bonchev–Trinajstić information content (AvgIpc) is 2.79. The highest BCUT2D eigenvalue weighted by Gasteiger charge is 2.12. The van der Waals surface area contributed by atoms with Gasteiger partial charge in [-0.25, -0.2) is 5.43 Å². The van der Waals surface area contributed by atoms with Crippen molar-refractivity contribution in [2.75, 3.05) is 5.32 Å². The van der Waals surface area contributed by atoms with Gasteiger partial charge in [0.05, 0.1) is 6.21 Å². The Labute approximate surface area is 175 Å². The maximum atomic E-state index is 11.9. The van der Waals surface area contributed by atoms with E-state index < -0.39 is 11.8 Å². The lowest BCUT2D eigenvalue weighted by Crippen LogP contribution is -2.32. The van der Waals surface area contributed by atoms with Gasteiger partial charge in [0, 0.05) is 5.69 Å². The molecule has 0 aliphatic rings. The van der Waals surface area contributed by atoms with E-state index in [9.17, 15) is 9.59 Å². The monoisotopic (exact) mass is 401 g/mol. The van der Waals surface area contributed by atoms with E-state index in [1.165, 1.54) is 6.21 Å². The summed E-state index contributed by atoms with van der Waals surface area (Å²) in [5, 5.41) is 6.36. The van der Waals surface area contributed by atoms with Gasteiger partial charge in [0.25, 0.3) is 0 Å². The first-order chi connectivity index (χ1) is 14.6. The molecule has 0 saturated carbocycles. The number of hydrogen-bond acceptors (Lipinski definition) is 4. The molecule has 0 spiro atoms. The van der Waals surface area contributed by atoms with Gasteiger partial charge in [-0.2, -0.15) is 5.10 Å². The number of nitrogens with zero attached hydrogens (tertiary/aromatic N) is 1. The number of ether oxygens (including phenoxy) is 1. The highest BCUT2D eigenvalue weighted by Crippen LogP contribution is 2.13. The number of benzene rings is 3. The second-order valence-corrected chi connectivity index (χ2v) is 6.55. The molecule has 0 atom stereocenters. The summed E-state index contributed by atoms with van der Waals surface area (Å²) in [6.45, 7) is 2.53. The quantitative estimate of drug-likeness (QED) is 0.358. The predicted octanol–water partition coefficient (Wildman–Crippen LogP) is 3.92. The van der Waals surface area contributed by atoms with Crippen molar-refractivity contribution in [3.05, 3.63) is 95.6 Å². The summed E-state index contributed by atoms with van der Waals surface area (Å²) in [5.41, 5.74) is 5.78. The predicted molar refractivity (Wildman–Crippen MR) is 117 cm³/mol. The van der Waals surface area contributed by atoms with Crippen molar-refractivity contribution >= 4 is 23.7 Å². The minimum atomic E-state index is -0.839. The fraction of sp³-hybridized carbons (Fsp3) is 0.125. The molecule has 3 aromatic rings. The zero-order valence-electron chi connectivity index (χ0n) is 16.7. The molecule has 30 heavy (non-hydrogen) atoms. The fourth-order valence-electron chi connectivity index (χ4n) is 2.62. The Morgan fingerprint density at radius 3 is 2.23 bits per heavy atom. The van der Waals surface area contributed by atoms with E-state index in [0.29, 0.717) is 12.3 Å². The van der Waals surface area contributed by atoms with Gasteiger partial charge in [-0.05, 0) is 59.5 Å². The molecule has 0 aliphatic carbocycles.